The third-order valence-corrected chi connectivity index (χ3v) is 5.19. The standard InChI is InChI=1S/C16H14BrClN2O4S/c17-14-6-5-13(25-14)12(21)8-24-15(22)7-11(20-16(19)23)9-3-1-2-4-10(9)18/h1-6,11H,7-8H2,(H3,19,20,23). The molecule has 1 heterocycles. The lowest BCUT2D eigenvalue weighted by atomic mass is 10.0. The van der Waals surface area contributed by atoms with Crippen LogP contribution in [0.1, 0.15) is 27.7 Å². The first kappa shape index (κ1) is 19.4. The van der Waals surface area contributed by atoms with E-state index in [1.54, 1.807) is 36.4 Å². The van der Waals surface area contributed by atoms with Gasteiger partial charge in [-0.05, 0) is 39.7 Å². The van der Waals surface area contributed by atoms with Gasteiger partial charge in [0.1, 0.15) is 0 Å². The Bertz CT molecular complexity index is 796. The van der Waals surface area contributed by atoms with Crippen molar-refractivity contribution in [3.63, 3.8) is 0 Å². The largest absolute Gasteiger partial charge is 0.457 e. The summed E-state index contributed by atoms with van der Waals surface area (Å²) < 4.78 is 5.82. The van der Waals surface area contributed by atoms with Crippen LogP contribution >= 0.6 is 38.9 Å². The summed E-state index contributed by atoms with van der Waals surface area (Å²) in [6.07, 6.45) is -0.200. The highest BCUT2D eigenvalue weighted by molar-refractivity contribution is 9.11. The highest BCUT2D eigenvalue weighted by Crippen LogP contribution is 2.26. The maximum atomic E-state index is 12.0. The first-order valence-corrected chi connectivity index (χ1v) is 9.10. The van der Waals surface area contributed by atoms with Crippen LogP contribution in [0, 0.1) is 0 Å². The SMILES string of the molecule is NC(=O)NC(CC(=O)OCC(=O)c1ccc(Br)s1)c1ccccc1Cl. The number of ether oxygens (including phenoxy) is 1. The van der Waals surface area contributed by atoms with Crippen molar-refractivity contribution >= 4 is 56.7 Å². The molecule has 0 spiro atoms. The van der Waals surface area contributed by atoms with E-state index >= 15 is 0 Å². The molecule has 0 saturated heterocycles. The Labute approximate surface area is 161 Å². The summed E-state index contributed by atoms with van der Waals surface area (Å²) in [6.45, 7) is -0.377. The summed E-state index contributed by atoms with van der Waals surface area (Å²) >= 11 is 10.6. The van der Waals surface area contributed by atoms with Crippen LogP contribution in [0.15, 0.2) is 40.2 Å². The van der Waals surface area contributed by atoms with Crippen molar-refractivity contribution in [3.05, 3.63) is 55.6 Å². The number of ketones is 1. The summed E-state index contributed by atoms with van der Waals surface area (Å²) in [5.74, 6) is -0.955. The van der Waals surface area contributed by atoms with Gasteiger partial charge in [0.25, 0.3) is 0 Å². The van der Waals surface area contributed by atoms with Crippen LogP contribution in [0.25, 0.3) is 0 Å². The van der Waals surface area contributed by atoms with Gasteiger partial charge in [-0.25, -0.2) is 4.79 Å². The van der Waals surface area contributed by atoms with Crippen molar-refractivity contribution in [2.24, 2.45) is 5.73 Å². The van der Waals surface area contributed by atoms with Crippen molar-refractivity contribution in [1.29, 1.82) is 0 Å². The molecular weight excluding hydrogens is 432 g/mol. The molecule has 0 saturated carbocycles. The lowest BCUT2D eigenvalue weighted by molar-refractivity contribution is -0.143. The maximum absolute atomic E-state index is 12.0. The number of nitrogens with two attached hydrogens (primary N) is 1. The smallest absolute Gasteiger partial charge is 0.312 e. The lowest BCUT2D eigenvalue weighted by Gasteiger charge is -2.18. The third-order valence-electron chi connectivity index (χ3n) is 3.18. The second kappa shape index (κ2) is 8.98. The Morgan fingerprint density at radius 3 is 2.56 bits per heavy atom. The molecule has 1 atom stereocenters. The van der Waals surface area contributed by atoms with Gasteiger partial charge in [-0.15, -0.1) is 11.3 Å². The minimum Gasteiger partial charge on any atom is -0.457 e. The average molecular weight is 446 g/mol. The minimum atomic E-state index is -0.794. The van der Waals surface area contributed by atoms with Gasteiger partial charge >= 0.3 is 12.0 Å². The highest BCUT2D eigenvalue weighted by atomic mass is 79.9. The number of Topliss-reactive ketones (excluding diaryl/α,β-unsaturated/α-hetero) is 1. The second-order valence-corrected chi connectivity index (χ2v) is 7.84. The fraction of sp³-hybridized carbons (Fsp3) is 0.188. The number of carbonyl (C=O) groups excluding carboxylic acids is 3. The van der Waals surface area contributed by atoms with Gasteiger partial charge in [0.2, 0.25) is 5.78 Å². The van der Waals surface area contributed by atoms with E-state index in [2.05, 4.69) is 21.2 Å². The highest BCUT2D eigenvalue weighted by Gasteiger charge is 2.21. The fourth-order valence-corrected chi connectivity index (χ4v) is 3.65. The van der Waals surface area contributed by atoms with Crippen LogP contribution in [0.3, 0.4) is 0 Å². The number of hydrogen-bond donors (Lipinski definition) is 2. The molecule has 0 radical (unpaired) electrons. The quantitative estimate of drug-likeness (QED) is 0.501. The average Bonchev–Trinajstić information content (AvgIpc) is 2.98. The number of nitrogens with one attached hydrogen (secondary N) is 1. The predicted molar refractivity (Wildman–Crippen MR) is 98.8 cm³/mol. The van der Waals surface area contributed by atoms with Crippen LogP contribution in [-0.2, 0) is 9.53 Å². The summed E-state index contributed by atoms with van der Waals surface area (Å²) in [4.78, 5) is 35.7. The van der Waals surface area contributed by atoms with E-state index in [4.69, 9.17) is 22.1 Å². The molecule has 1 unspecified atom stereocenters. The van der Waals surface area contributed by atoms with Crippen LogP contribution in [0.4, 0.5) is 4.79 Å². The number of urea groups is 1. The second-order valence-electron chi connectivity index (χ2n) is 4.97. The summed E-state index contributed by atoms with van der Waals surface area (Å²) in [5, 5.41) is 2.84. The number of hydrogen-bond acceptors (Lipinski definition) is 5. The normalized spacial score (nSPS) is 11.6. The third kappa shape index (κ3) is 5.84. The molecule has 3 N–H and O–H groups in total. The molecule has 9 heteroatoms. The summed E-state index contributed by atoms with van der Waals surface area (Å²) in [6, 6.07) is 8.60. The van der Waals surface area contributed by atoms with Gasteiger partial charge in [0, 0.05) is 5.02 Å². The van der Waals surface area contributed by atoms with E-state index in [0.29, 0.717) is 15.5 Å². The number of thiophene rings is 1. The van der Waals surface area contributed by atoms with Crippen molar-refractivity contribution in [2.75, 3.05) is 6.61 Å². The molecular formula is C16H14BrClN2O4S. The zero-order valence-corrected chi connectivity index (χ0v) is 16.0. The Kier molecular flexibility index (Phi) is 6.98. The lowest BCUT2D eigenvalue weighted by Crippen LogP contribution is -2.35. The van der Waals surface area contributed by atoms with Gasteiger partial charge in [0.15, 0.2) is 6.61 Å². The number of carbonyl (C=O) groups is 3. The molecule has 1 aromatic heterocycles. The first-order chi connectivity index (χ1) is 11.9. The van der Waals surface area contributed by atoms with E-state index < -0.39 is 18.0 Å². The van der Waals surface area contributed by atoms with Crippen molar-refractivity contribution in [3.8, 4) is 0 Å². The molecule has 2 amide bonds. The minimum absolute atomic E-state index is 0.200. The zero-order valence-electron chi connectivity index (χ0n) is 12.8. The van der Waals surface area contributed by atoms with Crippen LogP contribution in [0.2, 0.25) is 5.02 Å². The first-order valence-electron chi connectivity index (χ1n) is 7.11. The number of primary amides is 1. The molecule has 0 aliphatic rings. The van der Waals surface area contributed by atoms with E-state index in [-0.39, 0.29) is 18.8 Å². The van der Waals surface area contributed by atoms with Crippen molar-refractivity contribution in [2.45, 2.75) is 12.5 Å². The summed E-state index contributed by atoms with van der Waals surface area (Å²) in [5.41, 5.74) is 5.69. The fourth-order valence-electron chi connectivity index (χ4n) is 2.08. The molecule has 1 aromatic carbocycles. The van der Waals surface area contributed by atoms with Crippen molar-refractivity contribution in [1.82, 2.24) is 5.32 Å². The maximum Gasteiger partial charge on any atom is 0.312 e. The van der Waals surface area contributed by atoms with E-state index in [1.807, 2.05) is 0 Å². The molecule has 25 heavy (non-hydrogen) atoms. The number of halogens is 2. The Morgan fingerprint density at radius 1 is 1.24 bits per heavy atom. The number of amides is 2. The molecule has 6 nitrogen and oxygen atoms in total. The molecule has 0 aliphatic carbocycles. The van der Waals surface area contributed by atoms with Gasteiger partial charge in [-0.3, -0.25) is 9.59 Å². The summed E-state index contributed by atoms with van der Waals surface area (Å²) in [7, 11) is 0. The number of rotatable bonds is 7. The van der Waals surface area contributed by atoms with Gasteiger partial charge < -0.3 is 15.8 Å². The zero-order chi connectivity index (χ0) is 18.4. The Hall–Kier alpha value is -1.90. The number of benzene rings is 1. The Morgan fingerprint density at radius 2 is 1.96 bits per heavy atom. The molecule has 2 rings (SSSR count). The van der Waals surface area contributed by atoms with E-state index in [9.17, 15) is 14.4 Å². The van der Waals surface area contributed by atoms with Gasteiger partial charge in [-0.1, -0.05) is 29.8 Å². The van der Waals surface area contributed by atoms with E-state index in [0.717, 1.165) is 3.79 Å². The molecule has 0 bridgehead atoms. The topological polar surface area (TPSA) is 98.5 Å². The van der Waals surface area contributed by atoms with Gasteiger partial charge in [0.05, 0.1) is 21.1 Å². The molecule has 132 valence electrons. The predicted octanol–water partition coefficient (Wildman–Crippen LogP) is 3.69. The monoisotopic (exact) mass is 444 g/mol. The van der Waals surface area contributed by atoms with E-state index in [1.165, 1.54) is 11.3 Å². The van der Waals surface area contributed by atoms with Crippen LogP contribution in [0.5, 0.6) is 0 Å². The molecule has 2 aromatic rings. The number of esters is 1. The van der Waals surface area contributed by atoms with Gasteiger partial charge in [-0.2, -0.15) is 0 Å². The Balaban J connectivity index is 1.98. The van der Waals surface area contributed by atoms with Crippen LogP contribution < -0.4 is 11.1 Å². The molecule has 0 aliphatic heterocycles. The molecule has 0 fully saturated rings. The van der Waals surface area contributed by atoms with Crippen LogP contribution in [-0.4, -0.2) is 24.4 Å². The van der Waals surface area contributed by atoms with Crippen molar-refractivity contribution < 1.29 is 19.1 Å².